The van der Waals surface area contributed by atoms with E-state index in [1.807, 2.05) is 41.4 Å². The van der Waals surface area contributed by atoms with E-state index in [2.05, 4.69) is 32.6 Å². The van der Waals surface area contributed by atoms with Crippen LogP contribution in [0.5, 0.6) is 0 Å². The summed E-state index contributed by atoms with van der Waals surface area (Å²) in [4.78, 5) is 24.8. The lowest BCUT2D eigenvalue weighted by atomic mass is 10.2. The maximum absolute atomic E-state index is 12.8. The molecule has 3 heterocycles. The van der Waals surface area contributed by atoms with Crippen LogP contribution < -0.4 is 0 Å². The molecule has 0 saturated carbocycles. The largest absolute Gasteiger partial charge is 0.351 e. The minimum atomic E-state index is 0.101. The number of piperazine rings is 1. The Bertz CT molecular complexity index is 855. The standard InChI is InChI=1S/C20H25N5O/c1-2-19-21-7-8-24(19)12-9-23-10-13-25(14-11-23)20(26)18-15-16-5-3-4-6-17(16)22-18/h3-8,15,22H,2,9-14H2,1H3. The number of aromatic amines is 1. The zero-order valence-corrected chi connectivity index (χ0v) is 15.2. The first kappa shape index (κ1) is 16.8. The second kappa shape index (κ2) is 7.33. The summed E-state index contributed by atoms with van der Waals surface area (Å²) in [6, 6.07) is 9.96. The molecule has 136 valence electrons. The predicted molar refractivity (Wildman–Crippen MR) is 102 cm³/mol. The van der Waals surface area contributed by atoms with E-state index in [0.717, 1.165) is 62.4 Å². The van der Waals surface area contributed by atoms with Crippen molar-refractivity contribution in [2.24, 2.45) is 0 Å². The number of carbonyl (C=O) groups excluding carboxylic acids is 1. The number of carbonyl (C=O) groups is 1. The van der Waals surface area contributed by atoms with E-state index in [0.29, 0.717) is 5.69 Å². The average Bonchev–Trinajstić information content (AvgIpc) is 3.32. The van der Waals surface area contributed by atoms with Crippen molar-refractivity contribution < 1.29 is 4.79 Å². The molecule has 1 aliphatic heterocycles. The molecule has 0 spiro atoms. The molecule has 1 amide bonds. The van der Waals surface area contributed by atoms with Gasteiger partial charge in [-0.15, -0.1) is 0 Å². The highest BCUT2D eigenvalue weighted by Crippen LogP contribution is 2.17. The van der Waals surface area contributed by atoms with Gasteiger partial charge in [0, 0.05) is 69.0 Å². The van der Waals surface area contributed by atoms with Crippen molar-refractivity contribution in [2.45, 2.75) is 19.9 Å². The van der Waals surface area contributed by atoms with E-state index in [1.165, 1.54) is 0 Å². The summed E-state index contributed by atoms with van der Waals surface area (Å²) in [5, 5.41) is 1.08. The van der Waals surface area contributed by atoms with Crippen LogP contribution in [-0.2, 0) is 13.0 Å². The maximum atomic E-state index is 12.8. The Morgan fingerprint density at radius 2 is 1.96 bits per heavy atom. The molecule has 3 aromatic rings. The van der Waals surface area contributed by atoms with Crippen LogP contribution >= 0.6 is 0 Å². The minimum Gasteiger partial charge on any atom is -0.351 e. The number of rotatable bonds is 5. The lowest BCUT2D eigenvalue weighted by Gasteiger charge is -2.34. The molecule has 4 rings (SSSR count). The van der Waals surface area contributed by atoms with Crippen LogP contribution in [0.25, 0.3) is 10.9 Å². The van der Waals surface area contributed by atoms with E-state index >= 15 is 0 Å². The zero-order chi connectivity index (χ0) is 17.9. The zero-order valence-electron chi connectivity index (χ0n) is 15.2. The quantitative estimate of drug-likeness (QED) is 0.768. The number of aryl methyl sites for hydroxylation is 1. The highest BCUT2D eigenvalue weighted by molar-refractivity contribution is 5.98. The van der Waals surface area contributed by atoms with Crippen LogP contribution in [0.15, 0.2) is 42.7 Å². The number of H-pyrrole nitrogens is 1. The molecule has 2 aromatic heterocycles. The van der Waals surface area contributed by atoms with Crippen molar-refractivity contribution in [2.75, 3.05) is 32.7 Å². The summed E-state index contributed by atoms with van der Waals surface area (Å²) in [6.07, 6.45) is 4.88. The molecule has 6 heteroatoms. The van der Waals surface area contributed by atoms with Gasteiger partial charge in [-0.3, -0.25) is 9.69 Å². The van der Waals surface area contributed by atoms with Crippen LogP contribution in [0, 0.1) is 0 Å². The van der Waals surface area contributed by atoms with Gasteiger partial charge >= 0.3 is 0 Å². The van der Waals surface area contributed by atoms with Crippen LogP contribution in [0.3, 0.4) is 0 Å². The average molecular weight is 351 g/mol. The lowest BCUT2D eigenvalue weighted by Crippen LogP contribution is -2.49. The van der Waals surface area contributed by atoms with Crippen molar-refractivity contribution in [3.05, 3.63) is 54.2 Å². The molecule has 1 aromatic carbocycles. The Morgan fingerprint density at radius 1 is 1.15 bits per heavy atom. The van der Waals surface area contributed by atoms with Crippen LogP contribution in [0.4, 0.5) is 0 Å². The summed E-state index contributed by atoms with van der Waals surface area (Å²) in [7, 11) is 0. The first-order valence-electron chi connectivity index (χ1n) is 9.34. The molecule has 1 N–H and O–H groups in total. The first-order chi connectivity index (χ1) is 12.7. The third kappa shape index (κ3) is 3.37. The number of imidazole rings is 1. The topological polar surface area (TPSA) is 57.2 Å². The lowest BCUT2D eigenvalue weighted by molar-refractivity contribution is 0.0628. The van der Waals surface area contributed by atoms with E-state index < -0.39 is 0 Å². The Kier molecular flexibility index (Phi) is 4.75. The minimum absolute atomic E-state index is 0.101. The summed E-state index contributed by atoms with van der Waals surface area (Å²) in [5.74, 6) is 1.24. The summed E-state index contributed by atoms with van der Waals surface area (Å²) in [5.41, 5.74) is 1.70. The van der Waals surface area contributed by atoms with Crippen LogP contribution in [0.2, 0.25) is 0 Å². The Morgan fingerprint density at radius 3 is 2.73 bits per heavy atom. The summed E-state index contributed by atoms with van der Waals surface area (Å²) in [6.45, 7) is 7.48. The normalized spacial score (nSPS) is 15.7. The highest BCUT2D eigenvalue weighted by Gasteiger charge is 2.23. The van der Waals surface area contributed by atoms with E-state index in [1.54, 1.807) is 0 Å². The number of benzene rings is 1. The van der Waals surface area contributed by atoms with Gasteiger partial charge in [-0.05, 0) is 12.1 Å². The number of amides is 1. The first-order valence-corrected chi connectivity index (χ1v) is 9.34. The van der Waals surface area contributed by atoms with Crippen LogP contribution in [0.1, 0.15) is 23.2 Å². The van der Waals surface area contributed by atoms with E-state index in [9.17, 15) is 4.79 Å². The molecule has 26 heavy (non-hydrogen) atoms. The van der Waals surface area contributed by atoms with Crippen molar-refractivity contribution in [1.29, 1.82) is 0 Å². The molecule has 1 aliphatic rings. The number of hydrogen-bond donors (Lipinski definition) is 1. The molecular formula is C20H25N5O. The number of nitrogens with zero attached hydrogens (tertiary/aromatic N) is 4. The van der Waals surface area contributed by atoms with Gasteiger partial charge in [-0.1, -0.05) is 25.1 Å². The number of aromatic nitrogens is 3. The molecule has 0 unspecified atom stereocenters. The summed E-state index contributed by atoms with van der Waals surface area (Å²) >= 11 is 0. The van der Waals surface area contributed by atoms with Gasteiger partial charge in [-0.25, -0.2) is 4.98 Å². The Labute approximate surface area is 153 Å². The van der Waals surface area contributed by atoms with E-state index in [-0.39, 0.29) is 5.91 Å². The highest BCUT2D eigenvalue weighted by atomic mass is 16.2. The van der Waals surface area contributed by atoms with Gasteiger partial charge in [0.1, 0.15) is 11.5 Å². The maximum Gasteiger partial charge on any atom is 0.270 e. The predicted octanol–water partition coefficient (Wildman–Crippen LogP) is 2.38. The second-order valence-electron chi connectivity index (χ2n) is 6.79. The SMILES string of the molecule is CCc1nccn1CCN1CCN(C(=O)c2cc3ccccc3[nH]2)CC1. The smallest absolute Gasteiger partial charge is 0.270 e. The Hall–Kier alpha value is -2.60. The second-order valence-corrected chi connectivity index (χ2v) is 6.79. The monoisotopic (exact) mass is 351 g/mol. The number of fused-ring (bicyclic) bond motifs is 1. The number of nitrogens with one attached hydrogen (secondary N) is 1. The molecule has 1 fully saturated rings. The van der Waals surface area contributed by atoms with Gasteiger partial charge in [0.2, 0.25) is 0 Å². The molecule has 0 aliphatic carbocycles. The van der Waals surface area contributed by atoms with Gasteiger partial charge in [0.05, 0.1) is 0 Å². The third-order valence-electron chi connectivity index (χ3n) is 5.19. The molecule has 6 nitrogen and oxygen atoms in total. The van der Waals surface area contributed by atoms with Gasteiger partial charge in [0.25, 0.3) is 5.91 Å². The van der Waals surface area contributed by atoms with Crippen molar-refractivity contribution >= 4 is 16.8 Å². The van der Waals surface area contributed by atoms with Crippen molar-refractivity contribution in [3.8, 4) is 0 Å². The van der Waals surface area contributed by atoms with Gasteiger partial charge in [-0.2, -0.15) is 0 Å². The molecular weight excluding hydrogens is 326 g/mol. The molecule has 0 radical (unpaired) electrons. The molecule has 0 atom stereocenters. The van der Waals surface area contributed by atoms with Gasteiger partial charge < -0.3 is 14.5 Å². The van der Waals surface area contributed by atoms with Crippen molar-refractivity contribution in [3.63, 3.8) is 0 Å². The van der Waals surface area contributed by atoms with Gasteiger partial charge in [0.15, 0.2) is 0 Å². The van der Waals surface area contributed by atoms with E-state index in [4.69, 9.17) is 0 Å². The fraction of sp³-hybridized carbons (Fsp3) is 0.400. The fourth-order valence-electron chi connectivity index (χ4n) is 3.64. The number of hydrogen-bond acceptors (Lipinski definition) is 3. The third-order valence-corrected chi connectivity index (χ3v) is 5.19. The van der Waals surface area contributed by atoms with Crippen LogP contribution in [-0.4, -0.2) is 63.0 Å². The molecule has 0 bridgehead atoms. The fourth-order valence-corrected chi connectivity index (χ4v) is 3.64. The Balaban J connectivity index is 1.32. The summed E-state index contributed by atoms with van der Waals surface area (Å²) < 4.78 is 2.22. The molecule has 1 saturated heterocycles. The number of para-hydroxylation sites is 1. The van der Waals surface area contributed by atoms with Crippen molar-refractivity contribution in [1.82, 2.24) is 24.3 Å².